The minimum atomic E-state index is -0.128. The van der Waals surface area contributed by atoms with Gasteiger partial charge in [-0.1, -0.05) is 66.7 Å². The van der Waals surface area contributed by atoms with Crippen molar-refractivity contribution in [1.29, 1.82) is 0 Å². The number of hydrogen-bond donors (Lipinski definition) is 1. The second-order valence-corrected chi connectivity index (χ2v) is 7.69. The molecule has 1 saturated heterocycles. The van der Waals surface area contributed by atoms with Crippen molar-refractivity contribution in [2.24, 2.45) is 4.99 Å². The Morgan fingerprint density at radius 2 is 1.67 bits per heavy atom. The van der Waals surface area contributed by atoms with Crippen LogP contribution in [0.15, 0.2) is 95.0 Å². The summed E-state index contributed by atoms with van der Waals surface area (Å²) >= 11 is 1.35. The van der Waals surface area contributed by atoms with E-state index in [1.807, 2.05) is 60.7 Å². The number of benzene rings is 3. The molecule has 1 aliphatic rings. The van der Waals surface area contributed by atoms with Crippen LogP contribution >= 0.6 is 11.8 Å². The van der Waals surface area contributed by atoms with Crippen LogP contribution in [0.3, 0.4) is 0 Å². The predicted molar refractivity (Wildman–Crippen MR) is 120 cm³/mol. The van der Waals surface area contributed by atoms with Crippen LogP contribution in [-0.2, 0) is 4.79 Å². The third kappa shape index (κ3) is 4.45. The van der Waals surface area contributed by atoms with Crippen LogP contribution in [-0.4, -0.2) is 11.1 Å². The quantitative estimate of drug-likeness (QED) is 0.411. The second-order valence-electron chi connectivity index (χ2n) is 6.66. The van der Waals surface area contributed by atoms with E-state index in [4.69, 9.17) is 0 Å². The summed E-state index contributed by atoms with van der Waals surface area (Å²) in [5.74, 6) is -0.128. The van der Waals surface area contributed by atoms with E-state index in [1.54, 1.807) is 6.20 Å². The molecule has 1 amide bonds. The van der Waals surface area contributed by atoms with Gasteiger partial charge in [-0.05, 0) is 52.0 Å². The van der Waals surface area contributed by atoms with Crippen molar-refractivity contribution in [2.45, 2.75) is 0 Å². The number of nitrogens with zero attached hydrogens (tertiary/aromatic N) is 2. The Hall–Kier alpha value is -2.57. The minimum Gasteiger partial charge on any atom is -0.664 e. The fraction of sp³-hybridized carbons (Fsp3) is 0. The van der Waals surface area contributed by atoms with Gasteiger partial charge in [-0.3, -0.25) is 4.79 Å². The van der Waals surface area contributed by atoms with Crippen molar-refractivity contribution in [3.8, 4) is 11.1 Å². The number of fused-ring (bicyclic) bond motifs is 1. The Morgan fingerprint density at radius 3 is 2.47 bits per heavy atom. The van der Waals surface area contributed by atoms with Gasteiger partial charge in [-0.15, -0.1) is 5.52 Å². The summed E-state index contributed by atoms with van der Waals surface area (Å²) in [6.07, 6.45) is 3.67. The van der Waals surface area contributed by atoms with Crippen LogP contribution in [0.2, 0.25) is 0 Å². The third-order valence-electron chi connectivity index (χ3n) is 4.68. The first-order chi connectivity index (χ1) is 14.2. The summed E-state index contributed by atoms with van der Waals surface area (Å²) < 4.78 is 0. The minimum absolute atomic E-state index is 0. The molecule has 1 aromatic heterocycles. The van der Waals surface area contributed by atoms with Crippen molar-refractivity contribution < 1.29 is 34.4 Å². The number of amidine groups is 1. The van der Waals surface area contributed by atoms with E-state index < -0.39 is 0 Å². The molecule has 1 fully saturated rings. The molecule has 0 saturated carbocycles. The Balaban J connectivity index is 0.00000218. The monoisotopic (exact) mass is 417 g/mol. The second kappa shape index (κ2) is 9.06. The summed E-state index contributed by atoms with van der Waals surface area (Å²) in [5, 5.41) is 4.46. The molecule has 3 aromatic carbocycles. The van der Waals surface area contributed by atoms with E-state index in [0.717, 1.165) is 27.7 Å². The molecule has 2 heterocycles. The Labute approximate surface area is 200 Å². The van der Waals surface area contributed by atoms with E-state index in [9.17, 15) is 4.79 Å². The molecular formula is C24H16N3NaOS. The molecule has 0 aliphatic carbocycles. The van der Waals surface area contributed by atoms with Gasteiger partial charge in [0.25, 0.3) is 5.91 Å². The zero-order valence-corrected chi connectivity index (χ0v) is 19.2. The maximum atomic E-state index is 12.3. The zero-order valence-electron chi connectivity index (χ0n) is 16.4. The van der Waals surface area contributed by atoms with Crippen molar-refractivity contribution in [1.82, 2.24) is 10.3 Å². The number of hydrogen-bond acceptors (Lipinski definition) is 3. The molecule has 0 spiro atoms. The van der Waals surface area contributed by atoms with Crippen LogP contribution < -0.4 is 39.9 Å². The molecule has 4 aromatic rings. The number of thioether (sulfide) groups is 1. The molecular weight excluding hydrogens is 401 g/mol. The first-order valence-electron chi connectivity index (χ1n) is 9.21. The maximum absolute atomic E-state index is 12.3. The average molecular weight is 417 g/mol. The molecule has 0 bridgehead atoms. The Bertz CT molecular complexity index is 1260. The predicted octanol–water partition coefficient (Wildman–Crippen LogP) is 2.36. The topological polar surface area (TPSA) is 55.6 Å². The van der Waals surface area contributed by atoms with Crippen molar-refractivity contribution in [3.63, 3.8) is 0 Å². The first-order valence-corrected chi connectivity index (χ1v) is 10.0. The smallest absolute Gasteiger partial charge is 0.664 e. The normalized spacial score (nSPS) is 16.1. The number of rotatable bonds is 3. The SMILES string of the molecule is O=C1NC(=Nc2ccc3[n-]ccc3c2)SC1=Cc1ccc(-c2ccccc2)cc1.[Na+]. The average Bonchev–Trinajstić information content (AvgIpc) is 3.35. The summed E-state index contributed by atoms with van der Waals surface area (Å²) in [7, 11) is 0. The first kappa shape index (κ1) is 20.7. The molecule has 0 atom stereocenters. The molecule has 1 N–H and O–H groups in total. The largest absolute Gasteiger partial charge is 1.00 e. The molecule has 5 rings (SSSR count). The summed E-state index contributed by atoms with van der Waals surface area (Å²) in [5.41, 5.74) is 5.04. The van der Waals surface area contributed by atoms with Crippen LogP contribution in [0.25, 0.3) is 28.1 Å². The number of aromatic nitrogens is 1. The van der Waals surface area contributed by atoms with Gasteiger partial charge in [0, 0.05) is 0 Å². The van der Waals surface area contributed by atoms with Crippen molar-refractivity contribution in [2.75, 3.05) is 0 Å². The standard InChI is InChI=1S/C24H16N3OS.Na/c28-23-22(14-16-6-8-18(9-7-16)17-4-2-1-3-5-17)29-24(27-23)26-20-10-11-21-19(15-20)12-13-25-21;/h1-15H,(H,26,27,28);/q-1;+1. The van der Waals surface area contributed by atoms with Crippen LogP contribution in [0, 0.1) is 0 Å². The van der Waals surface area contributed by atoms with E-state index in [0.29, 0.717) is 10.1 Å². The van der Waals surface area contributed by atoms with Crippen molar-refractivity contribution in [3.05, 3.63) is 95.5 Å². The van der Waals surface area contributed by atoms with E-state index in [-0.39, 0.29) is 35.5 Å². The Morgan fingerprint density at radius 1 is 0.900 bits per heavy atom. The van der Waals surface area contributed by atoms with Gasteiger partial charge < -0.3 is 10.3 Å². The maximum Gasteiger partial charge on any atom is 1.00 e. The van der Waals surface area contributed by atoms with Crippen LogP contribution in [0.4, 0.5) is 5.69 Å². The van der Waals surface area contributed by atoms with Crippen LogP contribution in [0.5, 0.6) is 0 Å². The van der Waals surface area contributed by atoms with Gasteiger partial charge in [-0.25, -0.2) is 4.99 Å². The van der Waals surface area contributed by atoms with Gasteiger partial charge in [0.2, 0.25) is 0 Å². The molecule has 4 nitrogen and oxygen atoms in total. The molecule has 0 radical (unpaired) electrons. The van der Waals surface area contributed by atoms with E-state index in [2.05, 4.69) is 39.6 Å². The number of carbonyl (C=O) groups is 1. The van der Waals surface area contributed by atoms with Gasteiger partial charge >= 0.3 is 29.6 Å². The third-order valence-corrected chi connectivity index (χ3v) is 5.59. The van der Waals surface area contributed by atoms with Gasteiger partial charge in [0.1, 0.15) is 0 Å². The van der Waals surface area contributed by atoms with Gasteiger partial charge in [0.15, 0.2) is 5.17 Å². The summed E-state index contributed by atoms with van der Waals surface area (Å²) in [6, 6.07) is 26.1. The number of nitrogens with one attached hydrogen (secondary N) is 1. The van der Waals surface area contributed by atoms with E-state index >= 15 is 0 Å². The summed E-state index contributed by atoms with van der Waals surface area (Å²) in [4.78, 5) is 21.8. The van der Waals surface area contributed by atoms with E-state index in [1.165, 1.54) is 17.3 Å². The zero-order chi connectivity index (χ0) is 19.6. The van der Waals surface area contributed by atoms with Gasteiger partial charge in [-0.2, -0.15) is 6.20 Å². The molecule has 140 valence electrons. The fourth-order valence-corrected chi connectivity index (χ4v) is 4.05. The number of aliphatic imine (C=N–C) groups is 1. The summed E-state index contributed by atoms with van der Waals surface area (Å²) in [6.45, 7) is 0. The number of amides is 1. The number of carbonyl (C=O) groups excluding carboxylic acids is 1. The molecule has 1 aliphatic heterocycles. The van der Waals surface area contributed by atoms with Crippen molar-refractivity contribution >= 4 is 45.5 Å². The van der Waals surface area contributed by atoms with Crippen LogP contribution in [0.1, 0.15) is 5.56 Å². The fourth-order valence-electron chi connectivity index (χ4n) is 3.21. The molecule has 30 heavy (non-hydrogen) atoms. The molecule has 0 unspecified atom stereocenters. The van der Waals surface area contributed by atoms with Gasteiger partial charge in [0.05, 0.1) is 10.6 Å². The Kier molecular flexibility index (Phi) is 6.25. The molecule has 6 heteroatoms.